The first-order valence-corrected chi connectivity index (χ1v) is 14.1. The standard InChI is InChI=1S/C27H41N5O3.ClH/c33-24-16-28-6-7-31(24)8-9-32-27(35-17-18-4-2-1-3-5-18)23(15-29-32)26(34)30-25-21-11-19-10-20(13-21)14-22(25)12-19;/h15,18-22,25,28H,1-14,16-17H2,(H,30,34);1H. The Hall–Kier alpha value is -1.80. The van der Waals surface area contributed by atoms with Gasteiger partial charge in [0.15, 0.2) is 0 Å². The van der Waals surface area contributed by atoms with Crippen molar-refractivity contribution in [3.05, 3.63) is 11.8 Å². The number of aromatic nitrogens is 2. The maximum atomic E-state index is 13.6. The van der Waals surface area contributed by atoms with E-state index in [0.717, 1.165) is 18.4 Å². The molecule has 0 radical (unpaired) electrons. The Labute approximate surface area is 220 Å². The zero-order valence-corrected chi connectivity index (χ0v) is 22.1. The normalized spacial score (nSPS) is 31.8. The maximum absolute atomic E-state index is 13.6. The zero-order valence-electron chi connectivity index (χ0n) is 21.3. The van der Waals surface area contributed by atoms with Crippen LogP contribution in [0.3, 0.4) is 0 Å². The molecule has 1 aromatic heterocycles. The fraction of sp³-hybridized carbons (Fsp3) is 0.815. The highest BCUT2D eigenvalue weighted by Crippen LogP contribution is 2.53. The van der Waals surface area contributed by atoms with Crippen LogP contribution in [0.15, 0.2) is 6.20 Å². The minimum absolute atomic E-state index is 0. The number of nitrogens with zero attached hydrogens (tertiary/aromatic N) is 3. The van der Waals surface area contributed by atoms with Gasteiger partial charge in [0.05, 0.1) is 25.9 Å². The molecule has 6 fully saturated rings. The molecular weight excluding hydrogens is 478 g/mol. The molecule has 2 N–H and O–H groups in total. The number of carbonyl (C=O) groups excluding carboxylic acids is 2. The van der Waals surface area contributed by atoms with E-state index in [2.05, 4.69) is 15.7 Å². The third-order valence-corrected chi connectivity index (χ3v) is 9.51. The molecule has 1 saturated heterocycles. The summed E-state index contributed by atoms with van der Waals surface area (Å²) in [5.74, 6) is 4.25. The van der Waals surface area contributed by atoms with E-state index in [4.69, 9.17) is 4.74 Å². The highest BCUT2D eigenvalue weighted by molar-refractivity contribution is 5.96. The molecule has 8 nitrogen and oxygen atoms in total. The van der Waals surface area contributed by atoms with E-state index >= 15 is 0 Å². The molecule has 6 aliphatic rings. The van der Waals surface area contributed by atoms with Crippen LogP contribution in [-0.4, -0.2) is 65.3 Å². The fourth-order valence-corrected chi connectivity index (χ4v) is 7.88. The Morgan fingerprint density at radius 3 is 2.47 bits per heavy atom. The van der Waals surface area contributed by atoms with Gasteiger partial charge in [-0.2, -0.15) is 5.10 Å². The second-order valence-electron chi connectivity index (χ2n) is 11.9. The summed E-state index contributed by atoms with van der Waals surface area (Å²) in [7, 11) is 0. The number of piperazine rings is 1. The SMILES string of the molecule is Cl.O=C(NC1C2CC3CC(C2)CC1C3)c1cnn(CCN2CCNCC2=O)c1OCC1CCCCC1. The number of rotatable bonds is 8. The Balaban J connectivity index is 0.00000267. The molecule has 2 heterocycles. The molecule has 2 amide bonds. The predicted octanol–water partition coefficient (Wildman–Crippen LogP) is 3.25. The number of amides is 2. The van der Waals surface area contributed by atoms with Crippen molar-refractivity contribution in [3.63, 3.8) is 0 Å². The van der Waals surface area contributed by atoms with Gasteiger partial charge in [0.25, 0.3) is 5.91 Å². The monoisotopic (exact) mass is 519 g/mol. The number of ether oxygens (including phenoxy) is 1. The minimum Gasteiger partial charge on any atom is -0.477 e. The molecule has 0 aromatic carbocycles. The van der Waals surface area contributed by atoms with E-state index in [0.29, 0.717) is 68.0 Å². The largest absolute Gasteiger partial charge is 0.477 e. The van der Waals surface area contributed by atoms with Crippen molar-refractivity contribution in [2.75, 3.05) is 32.8 Å². The van der Waals surface area contributed by atoms with Crippen LogP contribution >= 0.6 is 12.4 Å². The molecular formula is C27H42ClN5O3. The summed E-state index contributed by atoms with van der Waals surface area (Å²) in [6.07, 6.45) is 14.4. The van der Waals surface area contributed by atoms with Gasteiger partial charge in [-0.1, -0.05) is 19.3 Å². The molecule has 1 aliphatic heterocycles. The first-order chi connectivity index (χ1) is 17.1. The molecule has 4 bridgehead atoms. The van der Waals surface area contributed by atoms with Gasteiger partial charge in [-0.25, -0.2) is 4.68 Å². The molecule has 200 valence electrons. The van der Waals surface area contributed by atoms with E-state index in [1.165, 1.54) is 64.2 Å². The Morgan fingerprint density at radius 2 is 1.78 bits per heavy atom. The Bertz CT molecular complexity index is 903. The number of carbonyl (C=O) groups is 2. The Morgan fingerprint density at radius 1 is 1.06 bits per heavy atom. The zero-order chi connectivity index (χ0) is 23.8. The van der Waals surface area contributed by atoms with Crippen molar-refractivity contribution in [3.8, 4) is 5.88 Å². The second kappa shape index (κ2) is 11.3. The van der Waals surface area contributed by atoms with Gasteiger partial charge in [-0.15, -0.1) is 12.4 Å². The van der Waals surface area contributed by atoms with Crippen molar-refractivity contribution in [1.82, 2.24) is 25.3 Å². The van der Waals surface area contributed by atoms with Gasteiger partial charge >= 0.3 is 0 Å². The summed E-state index contributed by atoms with van der Waals surface area (Å²) in [5.41, 5.74) is 0.557. The summed E-state index contributed by atoms with van der Waals surface area (Å²) in [5, 5.41) is 11.1. The van der Waals surface area contributed by atoms with Gasteiger partial charge in [-0.3, -0.25) is 9.59 Å². The highest BCUT2D eigenvalue weighted by atomic mass is 35.5. The van der Waals surface area contributed by atoms with Crippen LogP contribution < -0.4 is 15.4 Å². The van der Waals surface area contributed by atoms with Gasteiger partial charge < -0.3 is 20.3 Å². The lowest BCUT2D eigenvalue weighted by Gasteiger charge is -2.54. The van der Waals surface area contributed by atoms with Gasteiger partial charge in [-0.05, 0) is 74.5 Å². The van der Waals surface area contributed by atoms with E-state index in [1.807, 2.05) is 9.58 Å². The van der Waals surface area contributed by atoms with Crippen LogP contribution in [0.25, 0.3) is 0 Å². The molecule has 9 heteroatoms. The smallest absolute Gasteiger partial charge is 0.258 e. The van der Waals surface area contributed by atoms with Gasteiger partial charge in [0, 0.05) is 25.7 Å². The number of hydrogen-bond donors (Lipinski definition) is 2. The molecule has 5 saturated carbocycles. The van der Waals surface area contributed by atoms with Crippen LogP contribution in [0.4, 0.5) is 0 Å². The van der Waals surface area contributed by atoms with Crippen LogP contribution in [0.1, 0.15) is 74.6 Å². The summed E-state index contributed by atoms with van der Waals surface area (Å²) >= 11 is 0. The first-order valence-electron chi connectivity index (χ1n) is 14.1. The van der Waals surface area contributed by atoms with Crippen molar-refractivity contribution in [2.45, 2.75) is 76.8 Å². The molecule has 5 aliphatic carbocycles. The van der Waals surface area contributed by atoms with E-state index < -0.39 is 0 Å². The molecule has 0 unspecified atom stereocenters. The third kappa shape index (κ3) is 5.40. The lowest BCUT2D eigenvalue weighted by atomic mass is 9.54. The average molecular weight is 520 g/mol. The number of hydrogen-bond acceptors (Lipinski definition) is 5. The highest BCUT2D eigenvalue weighted by Gasteiger charge is 2.48. The second-order valence-corrected chi connectivity index (χ2v) is 11.9. The van der Waals surface area contributed by atoms with Crippen molar-refractivity contribution in [2.24, 2.45) is 29.6 Å². The molecule has 1 aromatic rings. The summed E-state index contributed by atoms with van der Waals surface area (Å²) < 4.78 is 8.18. The maximum Gasteiger partial charge on any atom is 0.258 e. The van der Waals surface area contributed by atoms with Crippen LogP contribution in [-0.2, 0) is 11.3 Å². The van der Waals surface area contributed by atoms with E-state index in [1.54, 1.807) is 6.20 Å². The van der Waals surface area contributed by atoms with Crippen LogP contribution in [0.5, 0.6) is 5.88 Å². The summed E-state index contributed by atoms with van der Waals surface area (Å²) in [6.45, 7) is 3.67. The lowest BCUT2D eigenvalue weighted by molar-refractivity contribution is -0.132. The molecule has 0 atom stereocenters. The predicted molar refractivity (Wildman–Crippen MR) is 139 cm³/mol. The van der Waals surface area contributed by atoms with E-state index in [9.17, 15) is 9.59 Å². The van der Waals surface area contributed by atoms with E-state index in [-0.39, 0.29) is 24.2 Å². The van der Waals surface area contributed by atoms with Crippen LogP contribution in [0, 0.1) is 29.6 Å². The minimum atomic E-state index is -0.0365. The topological polar surface area (TPSA) is 88.5 Å². The van der Waals surface area contributed by atoms with Gasteiger partial charge in [0.2, 0.25) is 11.8 Å². The molecule has 0 spiro atoms. The van der Waals surface area contributed by atoms with Crippen LogP contribution in [0.2, 0.25) is 0 Å². The number of nitrogens with one attached hydrogen (secondary N) is 2. The van der Waals surface area contributed by atoms with Gasteiger partial charge in [0.1, 0.15) is 5.56 Å². The third-order valence-electron chi connectivity index (χ3n) is 9.51. The Kier molecular flexibility index (Phi) is 8.11. The fourth-order valence-electron chi connectivity index (χ4n) is 7.88. The van der Waals surface area contributed by atoms with Crippen molar-refractivity contribution in [1.29, 1.82) is 0 Å². The average Bonchev–Trinajstić information content (AvgIpc) is 3.27. The summed E-state index contributed by atoms with van der Waals surface area (Å²) in [4.78, 5) is 27.7. The quantitative estimate of drug-likeness (QED) is 0.550. The van der Waals surface area contributed by atoms with Crippen molar-refractivity contribution >= 4 is 24.2 Å². The number of halogens is 1. The molecule has 7 rings (SSSR count). The lowest BCUT2D eigenvalue weighted by Crippen LogP contribution is -2.55. The molecule has 36 heavy (non-hydrogen) atoms. The first kappa shape index (κ1) is 25.8. The van der Waals surface area contributed by atoms with Crippen molar-refractivity contribution < 1.29 is 14.3 Å². The summed E-state index contributed by atoms with van der Waals surface area (Å²) in [6, 6.07) is 0.295.